The van der Waals surface area contributed by atoms with Crippen LogP contribution in [-0.2, 0) is 0 Å². The fraction of sp³-hybridized carbons (Fsp3) is 0. The van der Waals surface area contributed by atoms with Gasteiger partial charge in [-0.25, -0.2) is 19.3 Å². The first-order valence-corrected chi connectivity index (χ1v) is 8.57. The number of fused-ring (bicyclic) bond motifs is 2. The first-order chi connectivity index (χ1) is 13.7. The van der Waals surface area contributed by atoms with E-state index in [2.05, 4.69) is 24.9 Å². The minimum atomic E-state index is -0.353. The molecular formula is C21H13FN6. The van der Waals surface area contributed by atoms with Crippen LogP contribution in [0.15, 0.2) is 67.4 Å². The molecule has 0 spiro atoms. The Hall–Kier alpha value is -4.00. The van der Waals surface area contributed by atoms with Gasteiger partial charge in [-0.05, 0) is 29.7 Å². The molecule has 28 heavy (non-hydrogen) atoms. The molecule has 4 aromatic heterocycles. The number of hydrogen-bond donors (Lipinski definition) is 1. The summed E-state index contributed by atoms with van der Waals surface area (Å²) in [5.74, 6) is 0.0410. The molecule has 0 atom stereocenters. The summed E-state index contributed by atoms with van der Waals surface area (Å²) < 4.78 is 14.4. The first-order valence-electron chi connectivity index (χ1n) is 8.57. The summed E-state index contributed by atoms with van der Waals surface area (Å²) in [5, 5.41) is 1.61. The molecule has 7 heteroatoms. The first kappa shape index (κ1) is 16.2. The minimum absolute atomic E-state index is 0.353. The largest absolute Gasteiger partial charge is 0.383 e. The van der Waals surface area contributed by atoms with Gasteiger partial charge in [0.2, 0.25) is 0 Å². The van der Waals surface area contributed by atoms with E-state index in [0.717, 1.165) is 21.9 Å². The van der Waals surface area contributed by atoms with Gasteiger partial charge in [-0.2, -0.15) is 0 Å². The highest BCUT2D eigenvalue weighted by atomic mass is 19.1. The number of rotatable bonds is 2. The maximum Gasteiger partial charge on any atom is 0.179 e. The van der Waals surface area contributed by atoms with Crippen molar-refractivity contribution in [3.05, 3.63) is 73.2 Å². The zero-order valence-corrected chi connectivity index (χ0v) is 14.5. The van der Waals surface area contributed by atoms with Crippen LogP contribution in [0.3, 0.4) is 0 Å². The van der Waals surface area contributed by atoms with Crippen molar-refractivity contribution < 1.29 is 4.39 Å². The van der Waals surface area contributed by atoms with E-state index in [1.165, 1.54) is 6.07 Å². The molecule has 134 valence electrons. The fourth-order valence-electron chi connectivity index (χ4n) is 3.29. The number of hydrogen-bond acceptors (Lipinski definition) is 6. The van der Waals surface area contributed by atoms with E-state index in [1.54, 1.807) is 49.2 Å². The van der Waals surface area contributed by atoms with Crippen molar-refractivity contribution in [1.82, 2.24) is 24.9 Å². The highest BCUT2D eigenvalue weighted by Gasteiger charge is 2.16. The van der Waals surface area contributed by atoms with Crippen LogP contribution in [0.5, 0.6) is 0 Å². The van der Waals surface area contributed by atoms with Gasteiger partial charge in [-0.1, -0.05) is 12.1 Å². The van der Waals surface area contributed by atoms with Gasteiger partial charge < -0.3 is 5.73 Å². The second-order valence-corrected chi connectivity index (χ2v) is 6.24. The van der Waals surface area contributed by atoms with Gasteiger partial charge in [-0.15, -0.1) is 0 Å². The number of nitrogens with two attached hydrogens (primary N) is 1. The maximum absolute atomic E-state index is 14.4. The van der Waals surface area contributed by atoms with Crippen LogP contribution in [0, 0.1) is 5.82 Å². The van der Waals surface area contributed by atoms with Gasteiger partial charge in [0.25, 0.3) is 0 Å². The van der Waals surface area contributed by atoms with E-state index >= 15 is 0 Å². The normalized spacial score (nSPS) is 11.2. The molecule has 5 rings (SSSR count). The van der Waals surface area contributed by atoms with Crippen LogP contribution in [0.25, 0.3) is 44.3 Å². The van der Waals surface area contributed by atoms with E-state index in [4.69, 9.17) is 5.73 Å². The molecule has 2 N–H and O–H groups in total. The molecule has 0 saturated heterocycles. The van der Waals surface area contributed by atoms with E-state index in [-0.39, 0.29) is 5.82 Å². The fourth-order valence-corrected chi connectivity index (χ4v) is 3.29. The van der Waals surface area contributed by atoms with Gasteiger partial charge >= 0.3 is 0 Å². The Morgan fingerprint density at radius 2 is 1.64 bits per heavy atom. The Labute approximate surface area is 159 Å². The Bertz CT molecular complexity index is 1350. The molecule has 0 fully saturated rings. The summed E-state index contributed by atoms with van der Waals surface area (Å²) in [7, 11) is 0. The van der Waals surface area contributed by atoms with Crippen molar-refractivity contribution in [3.63, 3.8) is 0 Å². The zero-order valence-electron chi connectivity index (χ0n) is 14.5. The Balaban J connectivity index is 1.88. The number of pyridine rings is 3. The maximum atomic E-state index is 14.4. The number of nitrogens with zero attached hydrogens (tertiary/aromatic N) is 5. The highest BCUT2D eigenvalue weighted by Crippen LogP contribution is 2.35. The van der Waals surface area contributed by atoms with Crippen LogP contribution >= 0.6 is 0 Å². The second kappa shape index (κ2) is 6.31. The van der Waals surface area contributed by atoms with E-state index < -0.39 is 0 Å². The van der Waals surface area contributed by atoms with Crippen molar-refractivity contribution in [2.45, 2.75) is 0 Å². The van der Waals surface area contributed by atoms with Crippen molar-refractivity contribution in [1.29, 1.82) is 0 Å². The van der Waals surface area contributed by atoms with Crippen LogP contribution in [0.1, 0.15) is 0 Å². The standard InChI is InChI=1S/C21H13FN6/c22-17-4-2-1-3-13(17)18-9-14(19-21(28-18)26-8-7-25-19)15-11-27-20(23)16-10-24-6-5-12(15)16/h1-11H,(H2,23,27). The SMILES string of the molecule is Nc1ncc(-c2cc(-c3ccccc3F)nc3nccnc23)c2ccncc12. The zero-order chi connectivity index (χ0) is 19.1. The summed E-state index contributed by atoms with van der Waals surface area (Å²) in [6.07, 6.45) is 8.22. The highest BCUT2D eigenvalue weighted by molar-refractivity contribution is 6.05. The molecule has 0 unspecified atom stereocenters. The van der Waals surface area contributed by atoms with Crippen molar-refractivity contribution in [2.75, 3.05) is 5.73 Å². The third-order valence-corrected chi connectivity index (χ3v) is 4.60. The Kier molecular flexibility index (Phi) is 3.65. The molecule has 0 aliphatic carbocycles. The Morgan fingerprint density at radius 3 is 2.54 bits per heavy atom. The van der Waals surface area contributed by atoms with Crippen LogP contribution in [0.4, 0.5) is 10.2 Å². The number of benzene rings is 1. The molecule has 0 aliphatic rings. The lowest BCUT2D eigenvalue weighted by Crippen LogP contribution is -1.98. The monoisotopic (exact) mass is 368 g/mol. The molecule has 4 heterocycles. The number of halogens is 1. The average Bonchev–Trinajstić information content (AvgIpc) is 2.74. The van der Waals surface area contributed by atoms with Gasteiger partial charge in [0.1, 0.15) is 17.2 Å². The molecule has 0 amide bonds. The van der Waals surface area contributed by atoms with E-state index in [1.807, 2.05) is 12.1 Å². The van der Waals surface area contributed by atoms with Crippen molar-refractivity contribution in [2.24, 2.45) is 0 Å². The lowest BCUT2D eigenvalue weighted by Gasteiger charge is -2.12. The third kappa shape index (κ3) is 2.52. The van der Waals surface area contributed by atoms with Crippen LogP contribution in [0.2, 0.25) is 0 Å². The predicted octanol–water partition coefficient (Wildman–Crippen LogP) is 4.02. The lowest BCUT2D eigenvalue weighted by molar-refractivity contribution is 0.631. The summed E-state index contributed by atoms with van der Waals surface area (Å²) >= 11 is 0. The molecular weight excluding hydrogens is 355 g/mol. The quantitative estimate of drug-likeness (QED) is 0.506. The van der Waals surface area contributed by atoms with Gasteiger partial charge in [0.15, 0.2) is 5.65 Å². The number of anilines is 1. The Morgan fingerprint density at radius 1 is 0.786 bits per heavy atom. The molecule has 0 aliphatic heterocycles. The summed E-state index contributed by atoms with van der Waals surface area (Å²) in [6, 6.07) is 10.2. The summed E-state index contributed by atoms with van der Waals surface area (Å²) in [6.45, 7) is 0. The van der Waals surface area contributed by atoms with Crippen molar-refractivity contribution >= 4 is 27.8 Å². The number of nitrogen functional groups attached to an aromatic ring is 1. The van der Waals surface area contributed by atoms with Crippen molar-refractivity contribution in [3.8, 4) is 22.4 Å². The minimum Gasteiger partial charge on any atom is -0.383 e. The lowest BCUT2D eigenvalue weighted by atomic mass is 9.99. The predicted molar refractivity (Wildman–Crippen MR) is 106 cm³/mol. The van der Waals surface area contributed by atoms with Gasteiger partial charge in [0, 0.05) is 53.1 Å². The molecule has 1 aromatic carbocycles. The van der Waals surface area contributed by atoms with Gasteiger partial charge in [-0.3, -0.25) is 9.97 Å². The summed E-state index contributed by atoms with van der Waals surface area (Å²) in [5.41, 5.74) is 9.47. The van der Waals surface area contributed by atoms with Crippen LogP contribution < -0.4 is 5.73 Å². The molecule has 0 radical (unpaired) electrons. The topological polar surface area (TPSA) is 90.5 Å². The average molecular weight is 368 g/mol. The molecule has 0 saturated carbocycles. The molecule has 0 bridgehead atoms. The molecule has 5 aromatic rings. The molecule has 6 nitrogen and oxygen atoms in total. The van der Waals surface area contributed by atoms with Crippen LogP contribution in [-0.4, -0.2) is 24.9 Å². The van der Waals surface area contributed by atoms with Gasteiger partial charge in [0.05, 0.1) is 5.69 Å². The van der Waals surface area contributed by atoms with E-state index in [9.17, 15) is 4.39 Å². The third-order valence-electron chi connectivity index (χ3n) is 4.60. The second-order valence-electron chi connectivity index (χ2n) is 6.24. The number of aromatic nitrogens is 5. The summed E-state index contributed by atoms with van der Waals surface area (Å²) in [4.78, 5) is 21.7. The smallest absolute Gasteiger partial charge is 0.179 e. The van der Waals surface area contributed by atoms with E-state index in [0.29, 0.717) is 28.2 Å².